The van der Waals surface area contributed by atoms with E-state index >= 15 is 0 Å². The fourth-order valence-electron chi connectivity index (χ4n) is 1.25. The van der Waals surface area contributed by atoms with E-state index < -0.39 is 0 Å². The Morgan fingerprint density at radius 1 is 1.50 bits per heavy atom. The molecule has 0 saturated carbocycles. The molecule has 1 rings (SSSR count). The highest BCUT2D eigenvalue weighted by molar-refractivity contribution is 5.29. The molecule has 0 radical (unpaired) electrons. The SMILES string of the molecule is CNCC(C)Oc1cc(C)ccc1F. The number of hydrogen-bond donors (Lipinski definition) is 1. The van der Waals surface area contributed by atoms with Crippen molar-refractivity contribution in [2.75, 3.05) is 13.6 Å². The van der Waals surface area contributed by atoms with Crippen molar-refractivity contribution >= 4 is 0 Å². The van der Waals surface area contributed by atoms with Gasteiger partial charge in [-0.1, -0.05) is 6.07 Å². The Hall–Kier alpha value is -1.09. The Bertz CT molecular complexity index is 301. The maximum Gasteiger partial charge on any atom is 0.165 e. The molecule has 0 aliphatic rings. The predicted octanol–water partition coefficient (Wildman–Crippen LogP) is 2.12. The molecule has 0 saturated heterocycles. The van der Waals surface area contributed by atoms with Crippen LogP contribution in [0, 0.1) is 12.7 Å². The minimum atomic E-state index is -0.307. The summed E-state index contributed by atoms with van der Waals surface area (Å²) in [7, 11) is 1.84. The third kappa shape index (κ3) is 3.00. The fourth-order valence-corrected chi connectivity index (χ4v) is 1.25. The van der Waals surface area contributed by atoms with Crippen LogP contribution in [-0.2, 0) is 0 Å². The molecule has 0 aromatic heterocycles. The van der Waals surface area contributed by atoms with Gasteiger partial charge in [0.25, 0.3) is 0 Å². The van der Waals surface area contributed by atoms with Crippen molar-refractivity contribution in [2.45, 2.75) is 20.0 Å². The average molecular weight is 197 g/mol. The highest BCUT2D eigenvalue weighted by Crippen LogP contribution is 2.19. The molecule has 1 atom stereocenters. The Labute approximate surface area is 84.1 Å². The monoisotopic (exact) mass is 197 g/mol. The molecule has 0 fully saturated rings. The van der Waals surface area contributed by atoms with E-state index in [0.29, 0.717) is 12.3 Å². The molecule has 14 heavy (non-hydrogen) atoms. The first-order chi connectivity index (χ1) is 6.63. The van der Waals surface area contributed by atoms with Crippen LogP contribution >= 0.6 is 0 Å². The topological polar surface area (TPSA) is 21.3 Å². The maximum atomic E-state index is 13.2. The fraction of sp³-hybridized carbons (Fsp3) is 0.455. The maximum absolute atomic E-state index is 13.2. The summed E-state index contributed by atoms with van der Waals surface area (Å²) < 4.78 is 18.7. The molecule has 1 unspecified atom stereocenters. The van der Waals surface area contributed by atoms with Gasteiger partial charge in [0.1, 0.15) is 6.10 Å². The van der Waals surface area contributed by atoms with E-state index in [9.17, 15) is 4.39 Å². The number of likely N-dealkylation sites (N-methyl/N-ethyl adjacent to an activating group) is 1. The van der Waals surface area contributed by atoms with E-state index in [1.807, 2.05) is 20.9 Å². The van der Waals surface area contributed by atoms with Crippen LogP contribution in [0.1, 0.15) is 12.5 Å². The van der Waals surface area contributed by atoms with Crippen LogP contribution in [0.4, 0.5) is 4.39 Å². The first kappa shape index (κ1) is 11.0. The summed E-state index contributed by atoms with van der Waals surface area (Å²) in [6, 6.07) is 4.86. The predicted molar refractivity (Wildman–Crippen MR) is 55.2 cm³/mol. The Balaban J connectivity index is 2.70. The first-order valence-corrected chi connectivity index (χ1v) is 4.71. The third-order valence-corrected chi connectivity index (χ3v) is 1.91. The molecule has 2 nitrogen and oxygen atoms in total. The highest BCUT2D eigenvalue weighted by atomic mass is 19.1. The summed E-state index contributed by atoms with van der Waals surface area (Å²) in [4.78, 5) is 0. The van der Waals surface area contributed by atoms with E-state index in [1.165, 1.54) is 6.07 Å². The summed E-state index contributed by atoms with van der Waals surface area (Å²) in [5, 5.41) is 2.97. The van der Waals surface area contributed by atoms with E-state index in [1.54, 1.807) is 12.1 Å². The van der Waals surface area contributed by atoms with Gasteiger partial charge in [-0.15, -0.1) is 0 Å². The molecule has 78 valence electrons. The quantitative estimate of drug-likeness (QED) is 0.798. The molecule has 1 aromatic rings. The molecule has 0 aliphatic heterocycles. The van der Waals surface area contributed by atoms with Gasteiger partial charge in [-0.05, 0) is 38.6 Å². The van der Waals surface area contributed by atoms with Crippen LogP contribution in [0.15, 0.2) is 18.2 Å². The number of hydrogen-bond acceptors (Lipinski definition) is 2. The molecule has 0 amide bonds. The van der Waals surface area contributed by atoms with Gasteiger partial charge < -0.3 is 10.1 Å². The summed E-state index contributed by atoms with van der Waals surface area (Å²) in [5.41, 5.74) is 0.998. The molecule has 0 spiro atoms. The summed E-state index contributed by atoms with van der Waals surface area (Å²) in [6.07, 6.45) is -0.0312. The Morgan fingerprint density at radius 2 is 2.21 bits per heavy atom. The van der Waals surface area contributed by atoms with Crippen molar-refractivity contribution in [3.8, 4) is 5.75 Å². The minimum absolute atomic E-state index is 0.0312. The number of benzene rings is 1. The molecular weight excluding hydrogens is 181 g/mol. The second-order valence-corrected chi connectivity index (χ2v) is 3.42. The van der Waals surface area contributed by atoms with Gasteiger partial charge in [-0.3, -0.25) is 0 Å². The van der Waals surface area contributed by atoms with Crippen molar-refractivity contribution < 1.29 is 9.13 Å². The smallest absolute Gasteiger partial charge is 0.165 e. The van der Waals surface area contributed by atoms with Crippen molar-refractivity contribution in [1.82, 2.24) is 5.32 Å². The van der Waals surface area contributed by atoms with Gasteiger partial charge in [0.2, 0.25) is 0 Å². The van der Waals surface area contributed by atoms with Gasteiger partial charge >= 0.3 is 0 Å². The van der Waals surface area contributed by atoms with E-state index in [2.05, 4.69) is 5.32 Å². The number of halogens is 1. The van der Waals surface area contributed by atoms with Crippen LogP contribution in [0.25, 0.3) is 0 Å². The summed E-state index contributed by atoms with van der Waals surface area (Å²) >= 11 is 0. The largest absolute Gasteiger partial charge is 0.486 e. The number of nitrogens with one attached hydrogen (secondary N) is 1. The van der Waals surface area contributed by atoms with Gasteiger partial charge in [-0.2, -0.15) is 0 Å². The van der Waals surface area contributed by atoms with Crippen molar-refractivity contribution in [1.29, 1.82) is 0 Å². The van der Waals surface area contributed by atoms with Crippen LogP contribution in [0.3, 0.4) is 0 Å². The zero-order valence-corrected chi connectivity index (χ0v) is 8.80. The van der Waals surface area contributed by atoms with Crippen molar-refractivity contribution in [3.63, 3.8) is 0 Å². The lowest BCUT2D eigenvalue weighted by atomic mass is 10.2. The molecule has 0 bridgehead atoms. The second kappa shape index (κ2) is 4.96. The normalized spacial score (nSPS) is 12.6. The van der Waals surface area contributed by atoms with E-state index in [-0.39, 0.29) is 11.9 Å². The minimum Gasteiger partial charge on any atom is -0.486 e. The first-order valence-electron chi connectivity index (χ1n) is 4.71. The zero-order valence-electron chi connectivity index (χ0n) is 8.80. The van der Waals surface area contributed by atoms with Gasteiger partial charge in [0, 0.05) is 6.54 Å². The molecule has 1 aromatic carbocycles. The second-order valence-electron chi connectivity index (χ2n) is 3.42. The molecule has 1 N–H and O–H groups in total. The number of rotatable bonds is 4. The standard InChI is InChI=1S/C11H16FNO/c1-8-4-5-10(12)11(6-8)14-9(2)7-13-3/h4-6,9,13H,7H2,1-3H3. The number of ether oxygens (including phenoxy) is 1. The molecule has 0 heterocycles. The van der Waals surface area contributed by atoms with Crippen LogP contribution in [-0.4, -0.2) is 19.7 Å². The Kier molecular flexibility index (Phi) is 3.89. The summed E-state index contributed by atoms with van der Waals surface area (Å²) in [6.45, 7) is 4.51. The zero-order chi connectivity index (χ0) is 10.6. The molecule has 0 aliphatic carbocycles. The van der Waals surface area contributed by atoms with Gasteiger partial charge in [-0.25, -0.2) is 4.39 Å². The summed E-state index contributed by atoms with van der Waals surface area (Å²) in [5.74, 6) is 0.0197. The van der Waals surface area contributed by atoms with Gasteiger partial charge in [0.15, 0.2) is 11.6 Å². The van der Waals surface area contributed by atoms with E-state index in [0.717, 1.165) is 5.56 Å². The van der Waals surface area contributed by atoms with E-state index in [4.69, 9.17) is 4.74 Å². The van der Waals surface area contributed by atoms with Crippen LogP contribution in [0.2, 0.25) is 0 Å². The lowest BCUT2D eigenvalue weighted by Gasteiger charge is -2.14. The lowest BCUT2D eigenvalue weighted by molar-refractivity contribution is 0.211. The molecule has 3 heteroatoms. The third-order valence-electron chi connectivity index (χ3n) is 1.91. The highest BCUT2D eigenvalue weighted by Gasteiger charge is 2.07. The lowest BCUT2D eigenvalue weighted by Crippen LogP contribution is -2.26. The van der Waals surface area contributed by atoms with Gasteiger partial charge in [0.05, 0.1) is 0 Å². The molecular formula is C11H16FNO. The van der Waals surface area contributed by atoms with Crippen LogP contribution < -0.4 is 10.1 Å². The van der Waals surface area contributed by atoms with Crippen molar-refractivity contribution in [2.24, 2.45) is 0 Å². The number of aryl methyl sites for hydroxylation is 1. The average Bonchev–Trinajstić information content (AvgIpc) is 2.12. The van der Waals surface area contributed by atoms with Crippen LogP contribution in [0.5, 0.6) is 5.75 Å². The van der Waals surface area contributed by atoms with Crippen molar-refractivity contribution in [3.05, 3.63) is 29.6 Å². The Morgan fingerprint density at radius 3 is 2.86 bits per heavy atom.